The molecule has 0 atom stereocenters. The molecule has 0 spiro atoms. The van der Waals surface area contributed by atoms with Crippen molar-refractivity contribution in [3.63, 3.8) is 0 Å². The highest BCUT2D eigenvalue weighted by atomic mass is 32.2. The van der Waals surface area contributed by atoms with Crippen LogP contribution in [0.3, 0.4) is 0 Å². The van der Waals surface area contributed by atoms with Crippen LogP contribution >= 0.6 is 11.8 Å². The number of anilines is 2. The van der Waals surface area contributed by atoms with E-state index in [9.17, 15) is 14.4 Å². The predicted molar refractivity (Wildman–Crippen MR) is 118 cm³/mol. The normalized spacial score (nSPS) is 15.1. The summed E-state index contributed by atoms with van der Waals surface area (Å²) < 4.78 is 0. The van der Waals surface area contributed by atoms with Crippen molar-refractivity contribution >= 4 is 46.3 Å². The summed E-state index contributed by atoms with van der Waals surface area (Å²) in [6, 6.07) is 16.8. The van der Waals surface area contributed by atoms with E-state index in [4.69, 9.17) is 0 Å². The first-order valence-corrected chi connectivity index (χ1v) is 10.3. The molecule has 6 nitrogen and oxygen atoms in total. The molecule has 0 saturated carbocycles. The van der Waals surface area contributed by atoms with Crippen LogP contribution in [-0.2, 0) is 9.59 Å². The fourth-order valence-corrected chi connectivity index (χ4v) is 3.86. The smallest absolute Gasteiger partial charge is 0.294 e. The van der Waals surface area contributed by atoms with Gasteiger partial charge >= 0.3 is 0 Å². The van der Waals surface area contributed by atoms with E-state index < -0.39 is 17.1 Å². The van der Waals surface area contributed by atoms with Crippen LogP contribution in [0, 0.1) is 0 Å². The van der Waals surface area contributed by atoms with Crippen molar-refractivity contribution in [2.75, 3.05) is 29.9 Å². The van der Waals surface area contributed by atoms with Crippen LogP contribution < -0.4 is 10.2 Å². The summed E-state index contributed by atoms with van der Waals surface area (Å²) in [5.41, 5.74) is 2.53. The first kappa shape index (κ1) is 20.7. The number of hydrogen-bond acceptors (Lipinski definition) is 5. The van der Waals surface area contributed by atoms with Crippen LogP contribution in [0.1, 0.15) is 19.4 Å². The van der Waals surface area contributed by atoms with Gasteiger partial charge in [0.25, 0.3) is 11.1 Å². The third kappa shape index (κ3) is 5.06. The number of imide groups is 1. The molecule has 1 fully saturated rings. The summed E-state index contributed by atoms with van der Waals surface area (Å²) in [5.74, 6) is -0.861. The standard InChI is InChI=1S/C22H23N3O3S/c1-3-24(4-2)18-12-10-17(11-13-18)23-20(26)15-25-21(27)19(29-22(25)28)14-16-8-6-5-7-9-16/h5-14H,3-4,15H2,1-2H3,(H,23,26)/b19-14+. The van der Waals surface area contributed by atoms with Gasteiger partial charge in [-0.25, -0.2) is 0 Å². The number of benzene rings is 2. The molecule has 0 radical (unpaired) electrons. The predicted octanol–water partition coefficient (Wildman–Crippen LogP) is 4.21. The Balaban J connectivity index is 1.62. The van der Waals surface area contributed by atoms with E-state index in [1.54, 1.807) is 6.08 Å². The van der Waals surface area contributed by atoms with Gasteiger partial charge < -0.3 is 10.2 Å². The summed E-state index contributed by atoms with van der Waals surface area (Å²) in [6.07, 6.45) is 1.66. The molecular formula is C22H23N3O3S. The fourth-order valence-electron chi connectivity index (χ4n) is 3.03. The number of carbonyl (C=O) groups excluding carboxylic acids is 3. The van der Waals surface area contributed by atoms with E-state index in [1.807, 2.05) is 54.6 Å². The van der Waals surface area contributed by atoms with Gasteiger partial charge in [0.15, 0.2) is 0 Å². The van der Waals surface area contributed by atoms with Crippen LogP contribution in [0.15, 0.2) is 59.5 Å². The Hall–Kier alpha value is -3.06. The molecule has 3 rings (SSSR count). The van der Waals surface area contributed by atoms with Crippen molar-refractivity contribution in [3.8, 4) is 0 Å². The third-order valence-electron chi connectivity index (χ3n) is 4.55. The topological polar surface area (TPSA) is 69.7 Å². The fraction of sp³-hybridized carbons (Fsp3) is 0.227. The molecule has 0 aliphatic carbocycles. The van der Waals surface area contributed by atoms with Gasteiger partial charge in [-0.1, -0.05) is 30.3 Å². The van der Waals surface area contributed by atoms with E-state index in [2.05, 4.69) is 24.1 Å². The molecule has 1 aliphatic heterocycles. The first-order valence-electron chi connectivity index (χ1n) is 9.47. The summed E-state index contributed by atoms with van der Waals surface area (Å²) in [7, 11) is 0. The van der Waals surface area contributed by atoms with Gasteiger partial charge in [-0.3, -0.25) is 19.3 Å². The maximum Gasteiger partial charge on any atom is 0.294 e. The van der Waals surface area contributed by atoms with Gasteiger partial charge in [0, 0.05) is 24.5 Å². The molecule has 1 aliphatic rings. The molecule has 0 unspecified atom stereocenters. The molecule has 7 heteroatoms. The Morgan fingerprint density at radius 3 is 2.31 bits per heavy atom. The van der Waals surface area contributed by atoms with Crippen LogP contribution in [0.5, 0.6) is 0 Å². The first-order chi connectivity index (χ1) is 14.0. The number of nitrogens with zero attached hydrogens (tertiary/aromatic N) is 2. The number of thioether (sulfide) groups is 1. The van der Waals surface area contributed by atoms with Crippen molar-refractivity contribution in [2.24, 2.45) is 0 Å². The molecular weight excluding hydrogens is 386 g/mol. The lowest BCUT2D eigenvalue weighted by molar-refractivity contribution is -0.127. The quantitative estimate of drug-likeness (QED) is 0.694. The van der Waals surface area contributed by atoms with Gasteiger partial charge in [-0.2, -0.15) is 0 Å². The van der Waals surface area contributed by atoms with Crippen molar-refractivity contribution in [1.29, 1.82) is 0 Å². The number of amides is 3. The highest BCUT2D eigenvalue weighted by Crippen LogP contribution is 2.32. The number of rotatable bonds is 7. The van der Waals surface area contributed by atoms with Crippen molar-refractivity contribution in [2.45, 2.75) is 13.8 Å². The van der Waals surface area contributed by atoms with Gasteiger partial charge in [0.05, 0.1) is 4.91 Å². The Morgan fingerprint density at radius 1 is 1.03 bits per heavy atom. The van der Waals surface area contributed by atoms with Crippen LogP contribution in [0.2, 0.25) is 0 Å². The second-order valence-corrected chi connectivity index (χ2v) is 7.44. The number of hydrogen-bond donors (Lipinski definition) is 1. The SMILES string of the molecule is CCN(CC)c1ccc(NC(=O)CN2C(=O)S/C(=C/c3ccccc3)C2=O)cc1. The Morgan fingerprint density at radius 2 is 1.69 bits per heavy atom. The maximum atomic E-state index is 12.5. The monoisotopic (exact) mass is 409 g/mol. The Labute approximate surface area is 174 Å². The van der Waals surface area contributed by atoms with Gasteiger partial charge in [0.1, 0.15) is 6.54 Å². The largest absolute Gasteiger partial charge is 0.372 e. The lowest BCUT2D eigenvalue weighted by atomic mass is 10.2. The average molecular weight is 410 g/mol. The minimum Gasteiger partial charge on any atom is -0.372 e. The highest BCUT2D eigenvalue weighted by Gasteiger charge is 2.36. The minimum absolute atomic E-state index is 0.311. The van der Waals surface area contributed by atoms with E-state index >= 15 is 0 Å². The van der Waals surface area contributed by atoms with Crippen molar-refractivity contribution < 1.29 is 14.4 Å². The third-order valence-corrected chi connectivity index (χ3v) is 5.46. The molecule has 1 saturated heterocycles. The molecule has 1 heterocycles. The van der Waals surface area contributed by atoms with Crippen LogP contribution in [0.4, 0.5) is 16.2 Å². The van der Waals surface area contributed by atoms with Gasteiger partial charge in [0.2, 0.25) is 5.91 Å². The second-order valence-electron chi connectivity index (χ2n) is 6.45. The summed E-state index contributed by atoms with van der Waals surface area (Å²) in [4.78, 5) is 40.6. The Kier molecular flexibility index (Phi) is 6.72. The van der Waals surface area contributed by atoms with Crippen LogP contribution in [0.25, 0.3) is 6.08 Å². The molecule has 29 heavy (non-hydrogen) atoms. The zero-order chi connectivity index (χ0) is 20.8. The van der Waals surface area contributed by atoms with Crippen molar-refractivity contribution in [3.05, 3.63) is 65.1 Å². The van der Waals surface area contributed by atoms with Gasteiger partial charge in [-0.15, -0.1) is 0 Å². The molecule has 0 aromatic heterocycles. The second kappa shape index (κ2) is 9.43. The molecule has 0 bridgehead atoms. The average Bonchev–Trinajstić information content (AvgIpc) is 2.98. The maximum absolute atomic E-state index is 12.5. The van der Waals surface area contributed by atoms with E-state index in [0.29, 0.717) is 10.6 Å². The zero-order valence-electron chi connectivity index (χ0n) is 16.4. The summed E-state index contributed by atoms with van der Waals surface area (Å²) >= 11 is 0.848. The Bertz CT molecular complexity index is 922. The molecule has 150 valence electrons. The lowest BCUT2D eigenvalue weighted by Crippen LogP contribution is -2.36. The van der Waals surface area contributed by atoms with E-state index in [-0.39, 0.29) is 6.54 Å². The number of carbonyl (C=O) groups is 3. The highest BCUT2D eigenvalue weighted by molar-refractivity contribution is 8.18. The summed E-state index contributed by atoms with van der Waals surface area (Å²) in [5, 5.41) is 2.30. The molecule has 2 aromatic carbocycles. The van der Waals surface area contributed by atoms with Crippen molar-refractivity contribution in [1.82, 2.24) is 4.90 Å². The summed E-state index contributed by atoms with van der Waals surface area (Å²) in [6.45, 7) is 5.66. The molecule has 1 N–H and O–H groups in total. The molecule has 2 aromatic rings. The lowest BCUT2D eigenvalue weighted by Gasteiger charge is -2.21. The van der Waals surface area contributed by atoms with Gasteiger partial charge in [-0.05, 0) is 61.5 Å². The zero-order valence-corrected chi connectivity index (χ0v) is 17.2. The number of nitrogens with one attached hydrogen (secondary N) is 1. The van der Waals surface area contributed by atoms with E-state index in [1.165, 1.54) is 0 Å². The minimum atomic E-state index is -0.448. The van der Waals surface area contributed by atoms with Crippen LogP contribution in [-0.4, -0.2) is 41.6 Å². The van der Waals surface area contributed by atoms with E-state index in [0.717, 1.165) is 41.0 Å². The molecule has 3 amide bonds.